The zero-order valence-electron chi connectivity index (χ0n) is 21.0. The van der Waals surface area contributed by atoms with Crippen molar-refractivity contribution in [2.24, 2.45) is 5.10 Å². The van der Waals surface area contributed by atoms with Gasteiger partial charge < -0.3 is 4.57 Å². The molecule has 1 N–H and O–H groups in total. The average molecular weight is 570 g/mol. The molecule has 0 atom stereocenters. The van der Waals surface area contributed by atoms with E-state index in [1.807, 2.05) is 37.5 Å². The van der Waals surface area contributed by atoms with Crippen LogP contribution in [0.25, 0.3) is 5.69 Å². The number of benzene rings is 3. The summed E-state index contributed by atoms with van der Waals surface area (Å²) in [6.45, 7) is 5.32. The van der Waals surface area contributed by atoms with Gasteiger partial charge in [0.1, 0.15) is 6.54 Å². The predicted molar refractivity (Wildman–Crippen MR) is 153 cm³/mol. The molecule has 4 aromatic rings. The Morgan fingerprint density at radius 3 is 2.29 bits per heavy atom. The largest absolute Gasteiger partial charge is 0.318 e. The van der Waals surface area contributed by atoms with E-state index >= 15 is 0 Å². The summed E-state index contributed by atoms with van der Waals surface area (Å²) in [4.78, 5) is 12.9. The molecule has 7 nitrogen and oxygen atoms in total. The van der Waals surface area contributed by atoms with E-state index in [1.165, 1.54) is 18.3 Å². The summed E-state index contributed by atoms with van der Waals surface area (Å²) in [7, 11) is -3.99. The maximum absolute atomic E-state index is 13.4. The Bertz CT molecular complexity index is 1600. The summed E-state index contributed by atoms with van der Waals surface area (Å²) < 4.78 is 29.9. The summed E-state index contributed by atoms with van der Waals surface area (Å²) in [5.41, 5.74) is 7.25. The summed E-state index contributed by atoms with van der Waals surface area (Å²) in [6.07, 6.45) is 1.52. The van der Waals surface area contributed by atoms with Crippen LogP contribution in [-0.4, -0.2) is 31.7 Å². The van der Waals surface area contributed by atoms with E-state index in [4.69, 9.17) is 23.2 Å². The monoisotopic (exact) mass is 568 g/mol. The Morgan fingerprint density at radius 1 is 0.947 bits per heavy atom. The first-order chi connectivity index (χ1) is 18.1. The molecule has 0 spiro atoms. The molecule has 1 heterocycles. The summed E-state index contributed by atoms with van der Waals surface area (Å²) in [5, 5.41) is 5.01. The molecule has 0 aliphatic carbocycles. The second-order valence-electron chi connectivity index (χ2n) is 8.71. The first kappa shape index (κ1) is 27.4. The molecule has 0 aliphatic rings. The van der Waals surface area contributed by atoms with Crippen LogP contribution in [0.15, 0.2) is 88.9 Å². The lowest BCUT2D eigenvalue weighted by Gasteiger charge is -2.23. The molecule has 0 aliphatic heterocycles. The fourth-order valence-corrected chi connectivity index (χ4v) is 5.76. The molecule has 0 fully saturated rings. The van der Waals surface area contributed by atoms with Gasteiger partial charge in [-0.3, -0.25) is 9.10 Å². The van der Waals surface area contributed by atoms with Gasteiger partial charge in [0.05, 0.1) is 26.8 Å². The van der Waals surface area contributed by atoms with Crippen molar-refractivity contribution in [1.29, 1.82) is 0 Å². The number of hydrogen-bond acceptors (Lipinski definition) is 4. The molecule has 0 radical (unpaired) electrons. The fourth-order valence-electron chi connectivity index (χ4n) is 4.03. The summed E-state index contributed by atoms with van der Waals surface area (Å²) >= 11 is 12.2. The molecule has 0 saturated heterocycles. The van der Waals surface area contributed by atoms with Crippen LogP contribution in [0, 0.1) is 20.8 Å². The van der Waals surface area contributed by atoms with Crippen LogP contribution in [0.2, 0.25) is 10.0 Å². The lowest BCUT2D eigenvalue weighted by atomic mass is 10.2. The number of rotatable bonds is 8. The number of nitrogens with zero attached hydrogens (tertiary/aromatic N) is 3. The Morgan fingerprint density at radius 2 is 1.63 bits per heavy atom. The molecule has 38 heavy (non-hydrogen) atoms. The maximum Gasteiger partial charge on any atom is 0.264 e. The smallest absolute Gasteiger partial charge is 0.264 e. The first-order valence-corrected chi connectivity index (χ1v) is 13.9. The van der Waals surface area contributed by atoms with E-state index in [0.29, 0.717) is 15.7 Å². The number of anilines is 1. The number of sulfonamides is 1. The van der Waals surface area contributed by atoms with Crippen molar-refractivity contribution in [3.8, 4) is 5.69 Å². The van der Waals surface area contributed by atoms with Crippen LogP contribution in [0.5, 0.6) is 0 Å². The Labute approximate surface area is 232 Å². The normalized spacial score (nSPS) is 11.6. The highest BCUT2D eigenvalue weighted by Gasteiger charge is 2.27. The van der Waals surface area contributed by atoms with Gasteiger partial charge in [0, 0.05) is 22.6 Å². The lowest BCUT2D eigenvalue weighted by Crippen LogP contribution is -2.39. The van der Waals surface area contributed by atoms with Gasteiger partial charge >= 0.3 is 0 Å². The topological polar surface area (TPSA) is 83.8 Å². The SMILES string of the molecule is Cc1ccc(N(CC(=O)N/N=C\c2cc(C)n(-c3ccc(Cl)c(Cl)c3)c2C)S(=O)(=O)c2ccccc2)cc1. The molecule has 3 aromatic carbocycles. The van der Waals surface area contributed by atoms with E-state index in [0.717, 1.165) is 32.5 Å². The zero-order valence-corrected chi connectivity index (χ0v) is 23.3. The van der Waals surface area contributed by atoms with Gasteiger partial charge in [0.25, 0.3) is 15.9 Å². The second-order valence-corrected chi connectivity index (χ2v) is 11.4. The van der Waals surface area contributed by atoms with Gasteiger partial charge in [0.15, 0.2) is 0 Å². The van der Waals surface area contributed by atoms with Gasteiger partial charge in [-0.25, -0.2) is 13.8 Å². The molecule has 10 heteroatoms. The number of nitrogens with one attached hydrogen (secondary N) is 1. The molecule has 1 amide bonds. The minimum Gasteiger partial charge on any atom is -0.318 e. The number of amides is 1. The van der Waals surface area contributed by atoms with Gasteiger partial charge in [-0.1, -0.05) is 59.1 Å². The van der Waals surface area contributed by atoms with Crippen molar-refractivity contribution >= 4 is 51.0 Å². The number of hydrazone groups is 1. The number of aryl methyl sites for hydroxylation is 2. The van der Waals surface area contributed by atoms with Gasteiger partial charge in [-0.05, 0) is 69.3 Å². The molecular formula is C28H26Cl2N4O3S. The van der Waals surface area contributed by atoms with Crippen LogP contribution in [-0.2, 0) is 14.8 Å². The molecular weight excluding hydrogens is 543 g/mol. The van der Waals surface area contributed by atoms with Crippen molar-refractivity contribution in [1.82, 2.24) is 9.99 Å². The summed E-state index contributed by atoms with van der Waals surface area (Å²) in [6, 6.07) is 22.2. The third-order valence-corrected chi connectivity index (χ3v) is 8.49. The highest BCUT2D eigenvalue weighted by molar-refractivity contribution is 7.92. The van der Waals surface area contributed by atoms with E-state index in [1.54, 1.807) is 54.6 Å². The third-order valence-electron chi connectivity index (χ3n) is 5.96. The first-order valence-electron chi connectivity index (χ1n) is 11.7. The van der Waals surface area contributed by atoms with Crippen LogP contribution in [0.1, 0.15) is 22.5 Å². The number of carbonyl (C=O) groups excluding carboxylic acids is 1. The van der Waals surface area contributed by atoms with E-state index in [2.05, 4.69) is 10.5 Å². The van der Waals surface area contributed by atoms with E-state index in [-0.39, 0.29) is 4.90 Å². The lowest BCUT2D eigenvalue weighted by molar-refractivity contribution is -0.119. The molecule has 0 bridgehead atoms. The van der Waals surface area contributed by atoms with Gasteiger partial charge in [-0.2, -0.15) is 5.10 Å². The average Bonchev–Trinajstić information content (AvgIpc) is 3.18. The molecule has 0 saturated carbocycles. The van der Waals surface area contributed by atoms with Gasteiger partial charge in [0.2, 0.25) is 0 Å². The van der Waals surface area contributed by atoms with Crippen molar-refractivity contribution in [2.45, 2.75) is 25.7 Å². The van der Waals surface area contributed by atoms with Gasteiger partial charge in [-0.15, -0.1) is 0 Å². The number of aromatic nitrogens is 1. The number of halogens is 2. The Balaban J connectivity index is 1.54. The molecule has 0 unspecified atom stereocenters. The Hall–Kier alpha value is -3.59. The second kappa shape index (κ2) is 11.4. The minimum atomic E-state index is -3.99. The van der Waals surface area contributed by atoms with Crippen LogP contribution in [0.3, 0.4) is 0 Å². The fraction of sp³-hybridized carbons (Fsp3) is 0.143. The Kier molecular flexibility index (Phi) is 8.26. The van der Waals surface area contributed by atoms with Crippen molar-refractivity contribution in [3.63, 3.8) is 0 Å². The van der Waals surface area contributed by atoms with E-state index < -0.39 is 22.5 Å². The predicted octanol–water partition coefficient (Wildman–Crippen LogP) is 6.05. The highest BCUT2D eigenvalue weighted by Crippen LogP contribution is 2.27. The van der Waals surface area contributed by atoms with E-state index in [9.17, 15) is 13.2 Å². The standard InChI is InChI=1S/C28H26Cl2N4O3S/c1-19-9-11-23(12-10-19)33(38(36,37)25-7-5-4-6-8-25)18-28(35)32-31-17-22-15-20(2)34(21(22)3)24-13-14-26(29)27(30)16-24/h4-17H,18H2,1-3H3,(H,32,35)/b31-17-. The van der Waals surface area contributed by atoms with Crippen LogP contribution < -0.4 is 9.73 Å². The number of carbonyl (C=O) groups is 1. The molecule has 1 aromatic heterocycles. The van der Waals surface area contributed by atoms with Crippen molar-refractivity contribution in [2.75, 3.05) is 10.8 Å². The van der Waals surface area contributed by atoms with Crippen molar-refractivity contribution < 1.29 is 13.2 Å². The summed E-state index contributed by atoms with van der Waals surface area (Å²) in [5.74, 6) is -0.584. The van der Waals surface area contributed by atoms with Crippen molar-refractivity contribution in [3.05, 3.63) is 111 Å². The molecule has 4 rings (SSSR count). The van der Waals surface area contributed by atoms with Crippen LogP contribution in [0.4, 0.5) is 5.69 Å². The maximum atomic E-state index is 13.4. The quantitative estimate of drug-likeness (QED) is 0.207. The third kappa shape index (κ3) is 5.93. The minimum absolute atomic E-state index is 0.0895. The van der Waals surface area contributed by atoms with Crippen LogP contribution >= 0.6 is 23.2 Å². The molecule has 196 valence electrons. The highest BCUT2D eigenvalue weighted by atomic mass is 35.5. The zero-order chi connectivity index (χ0) is 27.4. The number of hydrogen-bond donors (Lipinski definition) is 1.